The van der Waals surface area contributed by atoms with Crippen molar-refractivity contribution >= 4 is 44.2 Å². The third-order valence-electron chi connectivity index (χ3n) is 3.20. The summed E-state index contributed by atoms with van der Waals surface area (Å²) in [5.74, 6) is -0.151. The van der Waals surface area contributed by atoms with E-state index in [0.29, 0.717) is 23.6 Å². The second kappa shape index (κ2) is 9.16. The Morgan fingerprint density at radius 3 is 2.48 bits per heavy atom. The summed E-state index contributed by atoms with van der Waals surface area (Å²) in [4.78, 5) is 11.9. The van der Waals surface area contributed by atoms with Crippen molar-refractivity contribution < 1.29 is 17.9 Å². The molecule has 0 saturated heterocycles. The molecule has 2 aromatic carbocycles. The Bertz CT molecular complexity index is 823. The van der Waals surface area contributed by atoms with Crippen molar-refractivity contribution in [2.75, 3.05) is 18.5 Å². The Kier molecular flexibility index (Phi) is 7.21. The lowest BCUT2D eigenvalue weighted by atomic mass is 10.2. The number of nitrogens with one attached hydrogen (secondary N) is 2. The van der Waals surface area contributed by atoms with E-state index in [2.05, 4.69) is 32.6 Å². The lowest BCUT2D eigenvalue weighted by Crippen LogP contribution is -2.33. The zero-order valence-corrected chi connectivity index (χ0v) is 16.6. The topological polar surface area (TPSA) is 84.5 Å². The predicted octanol–water partition coefficient (Wildman–Crippen LogP) is 2.75. The highest BCUT2D eigenvalue weighted by Crippen LogP contribution is 2.20. The molecule has 2 aromatic rings. The number of hydrogen-bond donors (Lipinski definition) is 2. The van der Waals surface area contributed by atoms with Crippen molar-refractivity contribution in [2.24, 2.45) is 0 Å². The molecular weight excluding hydrogens is 455 g/mol. The first-order valence-corrected chi connectivity index (χ1v) is 10.4. The fraction of sp³-hybridized carbons (Fsp3) is 0.235. The van der Waals surface area contributed by atoms with Gasteiger partial charge in [0.1, 0.15) is 5.75 Å². The van der Waals surface area contributed by atoms with Crippen LogP contribution >= 0.6 is 22.6 Å². The van der Waals surface area contributed by atoms with Gasteiger partial charge in [0.05, 0.1) is 18.9 Å². The molecule has 0 aliphatic rings. The van der Waals surface area contributed by atoms with Gasteiger partial charge in [-0.1, -0.05) is 18.2 Å². The van der Waals surface area contributed by atoms with Gasteiger partial charge < -0.3 is 10.1 Å². The highest BCUT2D eigenvalue weighted by molar-refractivity contribution is 14.1. The minimum Gasteiger partial charge on any atom is -0.494 e. The van der Waals surface area contributed by atoms with Crippen molar-refractivity contribution in [3.05, 3.63) is 57.7 Å². The van der Waals surface area contributed by atoms with E-state index < -0.39 is 15.9 Å². The van der Waals surface area contributed by atoms with E-state index >= 15 is 0 Å². The number of sulfonamides is 1. The third-order valence-corrected chi connectivity index (χ3v) is 5.19. The molecule has 0 aromatic heterocycles. The first-order chi connectivity index (χ1) is 11.9. The van der Waals surface area contributed by atoms with Crippen LogP contribution in [-0.4, -0.2) is 27.5 Å². The molecule has 25 heavy (non-hydrogen) atoms. The van der Waals surface area contributed by atoms with Crippen molar-refractivity contribution in [1.82, 2.24) is 4.72 Å². The minimum atomic E-state index is -3.66. The van der Waals surface area contributed by atoms with Crippen LogP contribution in [0.1, 0.15) is 12.5 Å². The molecule has 2 N–H and O–H groups in total. The van der Waals surface area contributed by atoms with Gasteiger partial charge in [-0.15, -0.1) is 0 Å². The van der Waals surface area contributed by atoms with E-state index in [1.165, 1.54) is 0 Å². The molecule has 0 radical (unpaired) electrons. The van der Waals surface area contributed by atoms with E-state index in [1.54, 1.807) is 36.4 Å². The molecule has 0 bridgehead atoms. The minimum absolute atomic E-state index is 0.250. The smallest absolute Gasteiger partial charge is 0.239 e. The summed E-state index contributed by atoms with van der Waals surface area (Å²) < 4.78 is 33.2. The molecule has 8 heteroatoms. The van der Waals surface area contributed by atoms with E-state index in [9.17, 15) is 13.2 Å². The Labute approximate surface area is 161 Å². The maximum Gasteiger partial charge on any atom is 0.239 e. The third kappa shape index (κ3) is 6.63. The molecule has 0 fully saturated rings. The summed E-state index contributed by atoms with van der Waals surface area (Å²) in [5.41, 5.74) is 1.17. The summed E-state index contributed by atoms with van der Waals surface area (Å²) >= 11 is 2.16. The average molecular weight is 474 g/mol. The van der Waals surface area contributed by atoms with Gasteiger partial charge >= 0.3 is 0 Å². The Morgan fingerprint density at radius 1 is 1.12 bits per heavy atom. The number of halogens is 1. The van der Waals surface area contributed by atoms with Gasteiger partial charge in [-0.2, -0.15) is 0 Å². The fourth-order valence-corrected chi connectivity index (χ4v) is 3.55. The molecule has 134 valence electrons. The largest absolute Gasteiger partial charge is 0.494 e. The number of anilines is 1. The maximum absolute atomic E-state index is 12.2. The monoisotopic (exact) mass is 474 g/mol. The molecule has 1 amide bonds. The van der Waals surface area contributed by atoms with Gasteiger partial charge in [0.2, 0.25) is 15.9 Å². The van der Waals surface area contributed by atoms with Crippen molar-refractivity contribution in [3.63, 3.8) is 0 Å². The highest BCUT2D eigenvalue weighted by atomic mass is 127. The summed E-state index contributed by atoms with van der Waals surface area (Å²) in [6, 6.07) is 14.2. The second-order valence-electron chi connectivity index (χ2n) is 5.18. The quantitative estimate of drug-likeness (QED) is 0.577. The number of carbonyl (C=O) groups excluding carboxylic acids is 1. The molecule has 0 saturated carbocycles. The fourth-order valence-electron chi connectivity index (χ4n) is 2.09. The number of hydrogen-bond acceptors (Lipinski definition) is 4. The average Bonchev–Trinajstić information content (AvgIpc) is 2.57. The molecule has 0 atom stereocenters. The van der Waals surface area contributed by atoms with Crippen LogP contribution in [-0.2, 0) is 20.6 Å². The summed E-state index contributed by atoms with van der Waals surface area (Å²) in [6.45, 7) is 1.95. The number of ether oxygens (including phenoxy) is 1. The van der Waals surface area contributed by atoms with E-state index in [4.69, 9.17) is 4.74 Å². The summed E-state index contributed by atoms with van der Waals surface area (Å²) in [5, 5.41) is 2.64. The highest BCUT2D eigenvalue weighted by Gasteiger charge is 2.16. The first-order valence-electron chi connectivity index (χ1n) is 7.63. The summed E-state index contributed by atoms with van der Waals surface area (Å²) in [7, 11) is -3.66. The molecular formula is C17H19IN2O4S. The van der Waals surface area contributed by atoms with Gasteiger partial charge in [0.25, 0.3) is 0 Å². The SMILES string of the molecule is CCOc1ccccc1CS(=O)(=O)NCC(=O)Nc1ccc(I)cc1. The standard InChI is InChI=1S/C17H19IN2O4S/c1-2-24-16-6-4-3-5-13(16)12-25(22,23)19-11-17(21)20-15-9-7-14(18)8-10-15/h3-10,19H,2,11-12H2,1H3,(H,20,21). The Hall–Kier alpha value is -1.65. The zero-order valence-electron chi connectivity index (χ0n) is 13.7. The van der Waals surface area contributed by atoms with Gasteiger partial charge in [0, 0.05) is 14.8 Å². The molecule has 2 rings (SSSR count). The van der Waals surface area contributed by atoms with Crippen LogP contribution in [0.4, 0.5) is 5.69 Å². The van der Waals surface area contributed by atoms with Gasteiger partial charge in [-0.3, -0.25) is 4.79 Å². The molecule has 0 aliphatic carbocycles. The van der Waals surface area contributed by atoms with Crippen LogP contribution in [0, 0.1) is 3.57 Å². The number of rotatable bonds is 8. The second-order valence-corrected chi connectivity index (χ2v) is 8.23. The zero-order chi connectivity index (χ0) is 18.3. The molecule has 0 spiro atoms. The maximum atomic E-state index is 12.2. The van der Waals surface area contributed by atoms with Crippen LogP contribution < -0.4 is 14.8 Å². The number of benzene rings is 2. The van der Waals surface area contributed by atoms with Crippen molar-refractivity contribution in [1.29, 1.82) is 0 Å². The lowest BCUT2D eigenvalue weighted by Gasteiger charge is -2.11. The van der Waals surface area contributed by atoms with Gasteiger partial charge in [-0.25, -0.2) is 13.1 Å². The van der Waals surface area contributed by atoms with Crippen molar-refractivity contribution in [3.8, 4) is 5.75 Å². The van der Waals surface area contributed by atoms with E-state index in [1.807, 2.05) is 19.1 Å². The first kappa shape index (κ1) is 19.7. The number of carbonyl (C=O) groups is 1. The van der Waals surface area contributed by atoms with Gasteiger partial charge in [0.15, 0.2) is 0 Å². The van der Waals surface area contributed by atoms with E-state index in [-0.39, 0.29) is 12.3 Å². The molecule has 0 heterocycles. The Balaban J connectivity index is 1.93. The Morgan fingerprint density at radius 2 is 1.80 bits per heavy atom. The van der Waals surface area contributed by atoms with Crippen molar-refractivity contribution in [2.45, 2.75) is 12.7 Å². The normalized spacial score (nSPS) is 11.1. The number of amides is 1. The lowest BCUT2D eigenvalue weighted by molar-refractivity contribution is -0.115. The summed E-state index contributed by atoms with van der Waals surface area (Å²) in [6.07, 6.45) is 0. The molecule has 0 aliphatic heterocycles. The van der Waals surface area contributed by atoms with Crippen LogP contribution in [0.5, 0.6) is 5.75 Å². The number of para-hydroxylation sites is 1. The van der Waals surface area contributed by atoms with Crippen LogP contribution in [0.15, 0.2) is 48.5 Å². The van der Waals surface area contributed by atoms with Crippen LogP contribution in [0.25, 0.3) is 0 Å². The molecule has 6 nitrogen and oxygen atoms in total. The van der Waals surface area contributed by atoms with Crippen LogP contribution in [0.3, 0.4) is 0 Å². The molecule has 0 unspecified atom stereocenters. The van der Waals surface area contributed by atoms with E-state index in [0.717, 1.165) is 3.57 Å². The van der Waals surface area contributed by atoms with Crippen LogP contribution in [0.2, 0.25) is 0 Å². The van der Waals surface area contributed by atoms with Gasteiger partial charge in [-0.05, 0) is 59.8 Å². The predicted molar refractivity (Wildman–Crippen MR) is 106 cm³/mol.